The minimum Gasteiger partial charge on any atom is -0.460 e. The Morgan fingerprint density at radius 2 is 1.97 bits per heavy atom. The van der Waals surface area contributed by atoms with Crippen LogP contribution < -0.4 is 14.8 Å². The fourth-order valence-electron chi connectivity index (χ4n) is 3.19. The third-order valence-corrected chi connectivity index (χ3v) is 4.80. The molecular formula is C22H22N2O7. The molecule has 0 spiro atoms. The Hall–Kier alpha value is -3.75. The third kappa shape index (κ3) is 4.71. The molecule has 1 atom stereocenters. The predicted molar refractivity (Wildman–Crippen MR) is 107 cm³/mol. The molecule has 0 saturated carbocycles. The zero-order valence-corrected chi connectivity index (χ0v) is 17.2. The van der Waals surface area contributed by atoms with Gasteiger partial charge in [-0.3, -0.25) is 4.79 Å². The minimum atomic E-state index is -0.545. The van der Waals surface area contributed by atoms with E-state index in [-0.39, 0.29) is 37.4 Å². The van der Waals surface area contributed by atoms with E-state index >= 15 is 0 Å². The zero-order valence-electron chi connectivity index (χ0n) is 17.2. The number of fused-ring (bicyclic) bond motifs is 1. The van der Waals surface area contributed by atoms with Crippen molar-refractivity contribution in [3.8, 4) is 11.5 Å². The summed E-state index contributed by atoms with van der Waals surface area (Å²) in [7, 11) is 0. The van der Waals surface area contributed by atoms with Gasteiger partial charge in [-0.25, -0.2) is 4.79 Å². The number of esters is 1. The van der Waals surface area contributed by atoms with Crippen LogP contribution in [0, 0.1) is 0 Å². The van der Waals surface area contributed by atoms with Crippen molar-refractivity contribution in [1.29, 1.82) is 0 Å². The number of carbonyl (C=O) groups is 2. The van der Waals surface area contributed by atoms with Gasteiger partial charge in [0.15, 0.2) is 11.5 Å². The summed E-state index contributed by atoms with van der Waals surface area (Å²) in [4.78, 5) is 24.0. The molecule has 31 heavy (non-hydrogen) atoms. The van der Waals surface area contributed by atoms with Crippen molar-refractivity contribution in [3.05, 3.63) is 64.9 Å². The van der Waals surface area contributed by atoms with Gasteiger partial charge in [0.05, 0.1) is 18.8 Å². The van der Waals surface area contributed by atoms with Crippen LogP contribution in [0.15, 0.2) is 45.3 Å². The Bertz CT molecular complexity index is 1090. The number of ether oxygens (including phenoxy) is 3. The van der Waals surface area contributed by atoms with Crippen molar-refractivity contribution in [2.45, 2.75) is 32.7 Å². The first kappa shape index (κ1) is 20.5. The first-order valence-corrected chi connectivity index (χ1v) is 9.92. The maximum Gasteiger partial charge on any atom is 0.374 e. The molecule has 1 aliphatic rings. The first-order chi connectivity index (χ1) is 15.0. The van der Waals surface area contributed by atoms with Crippen molar-refractivity contribution in [2.75, 3.05) is 13.4 Å². The highest BCUT2D eigenvalue weighted by atomic mass is 16.7. The van der Waals surface area contributed by atoms with Gasteiger partial charge in [-0.2, -0.15) is 0 Å². The maximum absolute atomic E-state index is 12.4. The van der Waals surface area contributed by atoms with Crippen LogP contribution in [0.25, 0.3) is 0 Å². The van der Waals surface area contributed by atoms with Crippen LogP contribution in [-0.2, 0) is 17.7 Å². The Balaban J connectivity index is 1.32. The van der Waals surface area contributed by atoms with E-state index in [9.17, 15) is 9.59 Å². The van der Waals surface area contributed by atoms with Crippen LogP contribution >= 0.6 is 0 Å². The van der Waals surface area contributed by atoms with Crippen LogP contribution in [0.5, 0.6) is 11.5 Å². The summed E-state index contributed by atoms with van der Waals surface area (Å²) in [6, 6.07) is 10.5. The Morgan fingerprint density at radius 1 is 1.13 bits per heavy atom. The molecule has 0 unspecified atom stereocenters. The lowest BCUT2D eigenvalue weighted by atomic mass is 9.97. The topological polar surface area (TPSA) is 113 Å². The van der Waals surface area contributed by atoms with Gasteiger partial charge in [-0.15, -0.1) is 0 Å². The van der Waals surface area contributed by atoms with Crippen LogP contribution in [0.1, 0.15) is 57.9 Å². The summed E-state index contributed by atoms with van der Waals surface area (Å²) in [6.45, 7) is 4.30. The monoisotopic (exact) mass is 426 g/mol. The molecule has 4 rings (SSSR count). The molecule has 3 heterocycles. The summed E-state index contributed by atoms with van der Waals surface area (Å²) in [5.41, 5.74) is 1.74. The Labute approximate surface area is 178 Å². The Kier molecular flexibility index (Phi) is 5.92. The number of hydrogen-bond acceptors (Lipinski definition) is 8. The molecule has 0 aliphatic carbocycles. The number of aromatic nitrogens is 1. The summed E-state index contributed by atoms with van der Waals surface area (Å²) in [5, 5.41) is 6.71. The SMILES string of the molecule is CCOC(=O)c1ccc(CNC(=O)c2cc([C@H](C)Cc3ccc4c(c3)OCO4)no2)o1. The number of nitrogens with one attached hydrogen (secondary N) is 1. The second kappa shape index (κ2) is 8.95. The molecule has 9 nitrogen and oxygen atoms in total. The number of amides is 1. The van der Waals surface area contributed by atoms with Crippen LogP contribution in [0.3, 0.4) is 0 Å². The molecule has 0 saturated heterocycles. The lowest BCUT2D eigenvalue weighted by Crippen LogP contribution is -2.22. The van der Waals surface area contributed by atoms with Crippen molar-refractivity contribution in [2.24, 2.45) is 0 Å². The first-order valence-electron chi connectivity index (χ1n) is 9.92. The molecule has 3 aromatic rings. The molecule has 162 valence electrons. The summed E-state index contributed by atoms with van der Waals surface area (Å²) in [6.07, 6.45) is 0.702. The maximum atomic E-state index is 12.4. The largest absolute Gasteiger partial charge is 0.460 e. The summed E-state index contributed by atoms with van der Waals surface area (Å²) in [5.74, 6) is 1.14. The molecule has 0 bridgehead atoms. The van der Waals surface area contributed by atoms with E-state index in [1.165, 1.54) is 6.07 Å². The van der Waals surface area contributed by atoms with Crippen molar-refractivity contribution < 1.29 is 32.7 Å². The number of hydrogen-bond donors (Lipinski definition) is 1. The van der Waals surface area contributed by atoms with E-state index in [1.807, 2.05) is 25.1 Å². The lowest BCUT2D eigenvalue weighted by molar-refractivity contribution is 0.0488. The molecule has 0 fully saturated rings. The van der Waals surface area contributed by atoms with E-state index in [2.05, 4.69) is 10.5 Å². The standard InChI is InChI=1S/C22H22N2O7/c1-3-27-22(26)18-7-5-15(30-18)11-23-21(25)20-10-16(24-31-20)13(2)8-14-4-6-17-19(9-14)29-12-28-17/h4-7,9-10,13H,3,8,11-12H2,1-2H3,(H,23,25)/t13-/m1/s1. The molecular weight excluding hydrogens is 404 g/mol. The predicted octanol–water partition coefficient (Wildman–Crippen LogP) is 3.45. The second-order valence-electron chi connectivity index (χ2n) is 7.08. The zero-order chi connectivity index (χ0) is 21.8. The fourth-order valence-corrected chi connectivity index (χ4v) is 3.19. The summed E-state index contributed by atoms with van der Waals surface area (Å²) >= 11 is 0. The molecule has 1 N–H and O–H groups in total. The van der Waals surface area contributed by atoms with Crippen molar-refractivity contribution in [1.82, 2.24) is 10.5 Å². The van der Waals surface area contributed by atoms with Gasteiger partial charge in [0.2, 0.25) is 18.3 Å². The third-order valence-electron chi connectivity index (χ3n) is 4.80. The average Bonchev–Trinajstić information content (AvgIpc) is 3.52. The van der Waals surface area contributed by atoms with Gasteiger partial charge in [0.25, 0.3) is 5.91 Å². The highest BCUT2D eigenvalue weighted by Crippen LogP contribution is 2.34. The molecule has 2 aromatic heterocycles. The van der Waals surface area contributed by atoms with Gasteiger partial charge in [-0.1, -0.05) is 18.1 Å². The quantitative estimate of drug-likeness (QED) is 0.545. The van der Waals surface area contributed by atoms with Gasteiger partial charge < -0.3 is 28.5 Å². The minimum absolute atomic E-state index is 0.0304. The normalized spacial score (nSPS) is 13.1. The number of nitrogens with zero attached hydrogens (tertiary/aromatic N) is 1. The van der Waals surface area contributed by atoms with Crippen LogP contribution in [-0.4, -0.2) is 30.4 Å². The summed E-state index contributed by atoms with van der Waals surface area (Å²) < 4.78 is 26.2. The van der Waals surface area contributed by atoms with E-state index in [0.717, 1.165) is 17.1 Å². The van der Waals surface area contributed by atoms with Crippen LogP contribution in [0.2, 0.25) is 0 Å². The average molecular weight is 426 g/mol. The number of furan rings is 1. The van der Waals surface area contributed by atoms with Gasteiger partial charge in [0.1, 0.15) is 5.76 Å². The molecule has 1 aliphatic heterocycles. The number of benzene rings is 1. The molecule has 9 heteroatoms. The van der Waals surface area contributed by atoms with Gasteiger partial charge in [0, 0.05) is 12.0 Å². The Morgan fingerprint density at radius 3 is 2.81 bits per heavy atom. The van der Waals surface area contributed by atoms with Gasteiger partial charge in [-0.05, 0) is 43.2 Å². The lowest BCUT2D eigenvalue weighted by Gasteiger charge is -2.08. The fraction of sp³-hybridized carbons (Fsp3) is 0.318. The molecule has 1 aromatic carbocycles. The second-order valence-corrected chi connectivity index (χ2v) is 7.08. The van der Waals surface area contributed by atoms with Crippen molar-refractivity contribution >= 4 is 11.9 Å². The smallest absolute Gasteiger partial charge is 0.374 e. The van der Waals surface area contributed by atoms with E-state index in [4.69, 9.17) is 23.2 Å². The van der Waals surface area contributed by atoms with E-state index < -0.39 is 11.9 Å². The highest BCUT2D eigenvalue weighted by Gasteiger charge is 2.20. The van der Waals surface area contributed by atoms with E-state index in [1.54, 1.807) is 19.1 Å². The van der Waals surface area contributed by atoms with Crippen LogP contribution in [0.4, 0.5) is 0 Å². The highest BCUT2D eigenvalue weighted by molar-refractivity contribution is 5.91. The van der Waals surface area contributed by atoms with Gasteiger partial charge >= 0.3 is 5.97 Å². The van der Waals surface area contributed by atoms with E-state index in [0.29, 0.717) is 17.9 Å². The molecule has 0 radical (unpaired) electrons. The number of rotatable bonds is 8. The molecule has 1 amide bonds. The van der Waals surface area contributed by atoms with Crippen molar-refractivity contribution in [3.63, 3.8) is 0 Å². The number of carbonyl (C=O) groups excluding carboxylic acids is 2.